The van der Waals surface area contributed by atoms with Crippen LogP contribution in [0.5, 0.6) is 5.75 Å². The van der Waals surface area contributed by atoms with Crippen molar-refractivity contribution in [2.45, 2.75) is 13.3 Å². The fraction of sp³-hybridized carbons (Fsp3) is 0.200. The molecule has 0 heterocycles. The lowest BCUT2D eigenvalue weighted by atomic mass is 9.92. The highest BCUT2D eigenvalue weighted by Crippen LogP contribution is 2.19. The Kier molecular flexibility index (Phi) is 6.43. The zero-order valence-electron chi connectivity index (χ0n) is 14.7. The van der Waals surface area contributed by atoms with Gasteiger partial charge >= 0.3 is 0 Å². The molecule has 0 saturated carbocycles. The van der Waals surface area contributed by atoms with Gasteiger partial charge in [-0.2, -0.15) is 0 Å². The highest BCUT2D eigenvalue weighted by atomic mass is 16.5. The molecule has 0 aliphatic heterocycles. The van der Waals surface area contributed by atoms with E-state index in [2.05, 4.69) is 0 Å². The van der Waals surface area contributed by atoms with Gasteiger partial charge in [0.1, 0.15) is 18.2 Å². The number of carboxylic acids is 1. The number of carbonyl (C=O) groups excluding carboxylic acids is 3. The van der Waals surface area contributed by atoms with Gasteiger partial charge in [0.25, 0.3) is 0 Å². The maximum atomic E-state index is 12.5. The second-order valence-electron chi connectivity index (χ2n) is 6.07. The summed E-state index contributed by atoms with van der Waals surface area (Å²) >= 11 is 0. The second-order valence-corrected chi connectivity index (χ2v) is 6.07. The Bertz CT molecular complexity index is 857. The number of amidine groups is 1. The van der Waals surface area contributed by atoms with E-state index in [-0.39, 0.29) is 23.8 Å². The molecule has 27 heavy (non-hydrogen) atoms. The molecule has 0 saturated heterocycles. The van der Waals surface area contributed by atoms with E-state index in [0.717, 1.165) is 0 Å². The van der Waals surface area contributed by atoms with Crippen LogP contribution in [0.3, 0.4) is 0 Å². The van der Waals surface area contributed by atoms with Crippen molar-refractivity contribution in [3.05, 3.63) is 65.2 Å². The van der Waals surface area contributed by atoms with Crippen LogP contribution in [0.1, 0.15) is 39.6 Å². The first-order valence-electron chi connectivity index (χ1n) is 8.22. The third kappa shape index (κ3) is 5.50. The Hall–Kier alpha value is -3.48. The number of rotatable bonds is 9. The molecule has 2 aromatic carbocycles. The quantitative estimate of drug-likeness (QED) is 0.388. The van der Waals surface area contributed by atoms with Crippen LogP contribution >= 0.6 is 0 Å². The number of nitrogen functional groups attached to an aromatic ring is 1. The van der Waals surface area contributed by atoms with Crippen molar-refractivity contribution in [3.63, 3.8) is 0 Å². The molecule has 0 radical (unpaired) electrons. The van der Waals surface area contributed by atoms with Gasteiger partial charge in [0.05, 0.1) is 5.97 Å². The van der Waals surface area contributed by atoms with Crippen molar-refractivity contribution in [2.24, 2.45) is 11.7 Å². The first-order chi connectivity index (χ1) is 12.8. The lowest BCUT2D eigenvalue weighted by molar-refractivity contribution is -0.307. The SMILES string of the molecule is CC(CC(=O)c1ccc(C(=N)N)cc1)C(=O)c1ccc(OCC(=O)[O-])cc1. The maximum absolute atomic E-state index is 12.5. The summed E-state index contributed by atoms with van der Waals surface area (Å²) in [6, 6.07) is 12.4. The summed E-state index contributed by atoms with van der Waals surface area (Å²) in [5.74, 6) is -2.01. The molecule has 0 aliphatic rings. The highest BCUT2D eigenvalue weighted by molar-refractivity contribution is 6.04. The smallest absolute Gasteiger partial charge is 0.166 e. The van der Waals surface area contributed by atoms with Crippen LogP contribution in [0.25, 0.3) is 0 Å². The molecular formula is C20H19N2O5-. The van der Waals surface area contributed by atoms with Crippen LogP contribution in [-0.2, 0) is 4.79 Å². The summed E-state index contributed by atoms with van der Waals surface area (Å²) in [5.41, 5.74) is 6.76. The van der Waals surface area contributed by atoms with Crippen molar-refractivity contribution in [2.75, 3.05) is 6.61 Å². The van der Waals surface area contributed by atoms with Crippen molar-refractivity contribution in [1.82, 2.24) is 0 Å². The van der Waals surface area contributed by atoms with E-state index in [4.69, 9.17) is 15.9 Å². The molecule has 1 unspecified atom stereocenters. The number of carbonyl (C=O) groups is 3. The number of carboxylic acid groups (broad SMARTS) is 1. The Morgan fingerprint density at radius 1 is 1.00 bits per heavy atom. The number of ketones is 2. The molecular weight excluding hydrogens is 348 g/mol. The van der Waals surface area contributed by atoms with Crippen molar-refractivity contribution in [3.8, 4) is 5.75 Å². The van der Waals surface area contributed by atoms with Gasteiger partial charge in [-0.3, -0.25) is 15.0 Å². The van der Waals surface area contributed by atoms with Gasteiger partial charge < -0.3 is 20.4 Å². The maximum Gasteiger partial charge on any atom is 0.166 e. The van der Waals surface area contributed by atoms with Gasteiger partial charge in [-0.15, -0.1) is 0 Å². The minimum atomic E-state index is -1.33. The van der Waals surface area contributed by atoms with Crippen molar-refractivity contribution < 1.29 is 24.2 Å². The van der Waals surface area contributed by atoms with Gasteiger partial charge in [-0.05, 0) is 24.3 Å². The summed E-state index contributed by atoms with van der Waals surface area (Å²) in [4.78, 5) is 35.2. The average Bonchev–Trinajstić information content (AvgIpc) is 2.66. The molecule has 0 spiro atoms. The zero-order chi connectivity index (χ0) is 20.0. The monoisotopic (exact) mass is 367 g/mol. The summed E-state index contributed by atoms with van der Waals surface area (Å²) in [7, 11) is 0. The normalized spacial score (nSPS) is 11.4. The predicted octanol–water partition coefficient (Wildman–Crippen LogP) is 1.19. The molecule has 2 rings (SSSR count). The Labute approximate surface area is 156 Å². The van der Waals surface area contributed by atoms with Gasteiger partial charge in [0.2, 0.25) is 0 Å². The lowest BCUT2D eigenvalue weighted by Gasteiger charge is -2.11. The molecule has 0 aromatic heterocycles. The fourth-order valence-corrected chi connectivity index (χ4v) is 2.47. The summed E-state index contributed by atoms with van der Waals surface area (Å²) in [6.45, 7) is 1.10. The molecule has 1 atom stereocenters. The van der Waals surface area contributed by atoms with Crippen LogP contribution in [0.15, 0.2) is 48.5 Å². The molecule has 2 aromatic rings. The number of hydrogen-bond donors (Lipinski definition) is 2. The molecule has 0 amide bonds. The van der Waals surface area contributed by atoms with Crippen molar-refractivity contribution in [1.29, 1.82) is 5.41 Å². The Balaban J connectivity index is 1.98. The molecule has 7 nitrogen and oxygen atoms in total. The number of nitrogens with one attached hydrogen (secondary N) is 1. The van der Waals surface area contributed by atoms with E-state index in [1.54, 1.807) is 31.2 Å². The van der Waals surface area contributed by atoms with Crippen LogP contribution < -0.4 is 15.6 Å². The zero-order valence-corrected chi connectivity index (χ0v) is 14.7. The molecule has 140 valence electrons. The number of ether oxygens (including phenoxy) is 1. The number of nitrogens with two attached hydrogens (primary N) is 1. The van der Waals surface area contributed by atoms with E-state index in [9.17, 15) is 19.5 Å². The first kappa shape index (κ1) is 19.8. The van der Waals surface area contributed by atoms with Gasteiger partial charge in [0, 0.05) is 29.0 Å². The molecule has 7 heteroatoms. The van der Waals surface area contributed by atoms with Crippen molar-refractivity contribution >= 4 is 23.4 Å². The van der Waals surface area contributed by atoms with Crippen LogP contribution in [-0.4, -0.2) is 30.0 Å². The van der Waals surface area contributed by atoms with Crippen LogP contribution in [0.2, 0.25) is 0 Å². The average molecular weight is 367 g/mol. The minimum Gasteiger partial charge on any atom is -0.546 e. The number of Topliss-reactive ketones (excluding diaryl/α,β-unsaturated/α-hetero) is 2. The topological polar surface area (TPSA) is 133 Å². The van der Waals surface area contributed by atoms with E-state index < -0.39 is 18.5 Å². The largest absolute Gasteiger partial charge is 0.546 e. The molecule has 3 N–H and O–H groups in total. The minimum absolute atomic E-state index is 0.0428. The number of aliphatic carboxylic acids is 1. The molecule has 0 bridgehead atoms. The highest BCUT2D eigenvalue weighted by Gasteiger charge is 2.19. The second kappa shape index (κ2) is 8.75. The first-order valence-corrected chi connectivity index (χ1v) is 8.22. The fourth-order valence-electron chi connectivity index (χ4n) is 2.47. The van der Waals surface area contributed by atoms with E-state index in [0.29, 0.717) is 22.4 Å². The molecule has 0 fully saturated rings. The van der Waals surface area contributed by atoms with Crippen LogP contribution in [0, 0.1) is 11.3 Å². The standard InChI is InChI=1S/C20H20N2O5/c1-12(10-17(23)13-2-4-15(5-3-13)20(21)22)19(26)14-6-8-16(9-7-14)27-11-18(24)25/h2-9,12H,10-11H2,1H3,(H3,21,22)(H,24,25)/p-1. The number of hydrogen-bond acceptors (Lipinski definition) is 6. The van der Waals surface area contributed by atoms with E-state index in [1.165, 1.54) is 24.3 Å². The third-order valence-corrected chi connectivity index (χ3v) is 3.95. The summed E-state index contributed by atoms with van der Waals surface area (Å²) in [6.07, 6.45) is 0.0428. The Morgan fingerprint density at radius 2 is 1.52 bits per heavy atom. The molecule has 0 aliphatic carbocycles. The lowest BCUT2D eigenvalue weighted by Crippen LogP contribution is -2.28. The van der Waals surface area contributed by atoms with E-state index in [1.807, 2.05) is 0 Å². The van der Waals surface area contributed by atoms with E-state index >= 15 is 0 Å². The van der Waals surface area contributed by atoms with Gasteiger partial charge in [-0.25, -0.2) is 0 Å². The third-order valence-electron chi connectivity index (χ3n) is 3.95. The predicted molar refractivity (Wildman–Crippen MR) is 96.8 cm³/mol. The summed E-state index contributed by atoms with van der Waals surface area (Å²) < 4.78 is 4.96. The van der Waals surface area contributed by atoms with Crippen LogP contribution in [0.4, 0.5) is 0 Å². The van der Waals surface area contributed by atoms with Gasteiger partial charge in [-0.1, -0.05) is 31.2 Å². The van der Waals surface area contributed by atoms with Gasteiger partial charge in [0.15, 0.2) is 11.6 Å². The number of benzene rings is 2. The summed E-state index contributed by atoms with van der Waals surface area (Å²) in [5, 5.41) is 17.7. The Morgan fingerprint density at radius 3 is 2.04 bits per heavy atom.